The molecule has 0 unspecified atom stereocenters. The van der Waals surface area contributed by atoms with Gasteiger partial charge in [0.2, 0.25) is 0 Å². The van der Waals surface area contributed by atoms with Gasteiger partial charge in [0.15, 0.2) is 0 Å². The van der Waals surface area contributed by atoms with Gasteiger partial charge in [-0.25, -0.2) is 4.68 Å². The van der Waals surface area contributed by atoms with Gasteiger partial charge in [-0.2, -0.15) is 5.10 Å². The minimum absolute atomic E-state index is 1.05. The second kappa shape index (κ2) is 3.62. The van der Waals surface area contributed by atoms with Crippen molar-refractivity contribution < 1.29 is 0 Å². The van der Waals surface area contributed by atoms with Crippen LogP contribution in [0.15, 0.2) is 48.2 Å². The van der Waals surface area contributed by atoms with Gasteiger partial charge in [0.1, 0.15) is 12.7 Å². The molecule has 0 aliphatic heterocycles. The molecule has 3 rings (SSSR count). The maximum Gasteiger partial charge on any atom is 0.141 e. The molecular formula is C11H9N5. The fourth-order valence-corrected chi connectivity index (χ4v) is 1.58. The molecule has 0 amide bonds. The highest BCUT2D eigenvalue weighted by Crippen LogP contribution is 2.15. The van der Waals surface area contributed by atoms with Gasteiger partial charge < -0.3 is 4.98 Å². The van der Waals surface area contributed by atoms with Crippen LogP contribution in [-0.4, -0.2) is 26.1 Å². The number of aromatic nitrogens is 4. The maximum absolute atomic E-state index is 4.21. The van der Waals surface area contributed by atoms with Gasteiger partial charge >= 0.3 is 0 Å². The highest BCUT2D eigenvalue weighted by molar-refractivity contribution is 5.98. The Hall–Kier alpha value is -2.43. The zero-order chi connectivity index (χ0) is 10.8. The van der Waals surface area contributed by atoms with E-state index in [0.717, 1.165) is 16.5 Å². The van der Waals surface area contributed by atoms with Crippen LogP contribution in [0.5, 0.6) is 0 Å². The summed E-state index contributed by atoms with van der Waals surface area (Å²) in [6, 6.07) is 8.09. The van der Waals surface area contributed by atoms with Crippen LogP contribution in [0.4, 0.5) is 0 Å². The zero-order valence-corrected chi connectivity index (χ0v) is 8.41. The normalized spacial score (nSPS) is 11.5. The Bertz CT molecular complexity index is 621. The number of para-hydroxylation sites is 1. The van der Waals surface area contributed by atoms with E-state index >= 15 is 0 Å². The number of nitrogens with zero attached hydrogens (tertiary/aromatic N) is 4. The summed E-state index contributed by atoms with van der Waals surface area (Å²) >= 11 is 0. The Labute approximate surface area is 91.4 Å². The third-order valence-electron chi connectivity index (χ3n) is 2.36. The van der Waals surface area contributed by atoms with Crippen molar-refractivity contribution in [1.82, 2.24) is 19.9 Å². The molecule has 0 atom stereocenters. The van der Waals surface area contributed by atoms with Crippen LogP contribution in [0.3, 0.4) is 0 Å². The van der Waals surface area contributed by atoms with Crippen LogP contribution in [0.25, 0.3) is 10.9 Å². The zero-order valence-electron chi connectivity index (χ0n) is 8.41. The fourth-order valence-electron chi connectivity index (χ4n) is 1.58. The quantitative estimate of drug-likeness (QED) is 0.655. The third-order valence-corrected chi connectivity index (χ3v) is 2.36. The molecule has 0 saturated heterocycles. The van der Waals surface area contributed by atoms with Crippen LogP contribution in [0, 0.1) is 0 Å². The standard InChI is InChI=1S/C11H9N5/c1-2-4-11-10(3-1)9(5-12-11)6-15-16-7-13-14-8-16/h1-8,12H/b15-6+. The number of fused-ring (bicyclic) bond motifs is 1. The van der Waals surface area contributed by atoms with Crippen molar-refractivity contribution in [2.75, 3.05) is 0 Å². The maximum atomic E-state index is 4.21. The third kappa shape index (κ3) is 1.48. The summed E-state index contributed by atoms with van der Waals surface area (Å²) in [5.74, 6) is 0. The molecular weight excluding hydrogens is 202 g/mol. The van der Waals surface area contributed by atoms with E-state index < -0.39 is 0 Å². The number of benzene rings is 1. The van der Waals surface area contributed by atoms with Crippen LogP contribution >= 0.6 is 0 Å². The van der Waals surface area contributed by atoms with Gasteiger partial charge in [-0.1, -0.05) is 18.2 Å². The number of H-pyrrole nitrogens is 1. The van der Waals surface area contributed by atoms with E-state index in [4.69, 9.17) is 0 Å². The summed E-state index contributed by atoms with van der Waals surface area (Å²) in [5.41, 5.74) is 2.15. The molecule has 3 aromatic rings. The van der Waals surface area contributed by atoms with E-state index in [9.17, 15) is 0 Å². The van der Waals surface area contributed by atoms with E-state index in [1.807, 2.05) is 24.4 Å². The van der Waals surface area contributed by atoms with E-state index in [-0.39, 0.29) is 0 Å². The van der Waals surface area contributed by atoms with Gasteiger partial charge in [-0.15, -0.1) is 10.2 Å². The molecule has 1 N–H and O–H groups in total. The summed E-state index contributed by atoms with van der Waals surface area (Å²) in [5, 5.41) is 12.7. The molecule has 16 heavy (non-hydrogen) atoms. The van der Waals surface area contributed by atoms with Gasteiger partial charge in [0.05, 0.1) is 6.21 Å². The monoisotopic (exact) mass is 211 g/mol. The molecule has 0 aliphatic carbocycles. The average Bonchev–Trinajstić information content (AvgIpc) is 2.96. The highest BCUT2D eigenvalue weighted by atomic mass is 15.4. The van der Waals surface area contributed by atoms with Crippen molar-refractivity contribution in [2.45, 2.75) is 0 Å². The fraction of sp³-hybridized carbons (Fsp3) is 0. The molecule has 0 aliphatic rings. The Balaban J connectivity index is 2.01. The first kappa shape index (κ1) is 8.84. The highest BCUT2D eigenvalue weighted by Gasteiger charge is 1.99. The largest absolute Gasteiger partial charge is 0.361 e. The first-order valence-electron chi connectivity index (χ1n) is 4.88. The first-order chi connectivity index (χ1) is 7.93. The topological polar surface area (TPSA) is 58.9 Å². The number of hydrogen-bond donors (Lipinski definition) is 1. The lowest BCUT2D eigenvalue weighted by molar-refractivity contribution is 0.878. The van der Waals surface area contributed by atoms with Crippen molar-refractivity contribution in [1.29, 1.82) is 0 Å². The van der Waals surface area contributed by atoms with Gasteiger partial charge in [-0.3, -0.25) is 0 Å². The SMILES string of the molecule is C(=N\n1cnnc1)/c1c[nH]c2ccccc12. The Morgan fingerprint density at radius 3 is 2.88 bits per heavy atom. The van der Waals surface area contributed by atoms with Gasteiger partial charge in [0, 0.05) is 22.7 Å². The van der Waals surface area contributed by atoms with Crippen LogP contribution in [0.1, 0.15) is 5.56 Å². The summed E-state index contributed by atoms with van der Waals surface area (Å²) in [7, 11) is 0. The Morgan fingerprint density at radius 1 is 1.19 bits per heavy atom. The lowest BCUT2D eigenvalue weighted by Gasteiger charge is -1.90. The molecule has 0 bridgehead atoms. The number of aromatic amines is 1. The van der Waals surface area contributed by atoms with Gasteiger partial charge in [-0.05, 0) is 6.07 Å². The van der Waals surface area contributed by atoms with Gasteiger partial charge in [0.25, 0.3) is 0 Å². The van der Waals surface area contributed by atoms with Crippen LogP contribution in [0.2, 0.25) is 0 Å². The second-order valence-electron chi connectivity index (χ2n) is 3.38. The van der Waals surface area contributed by atoms with Crippen LogP contribution < -0.4 is 0 Å². The molecule has 2 aromatic heterocycles. The molecule has 0 fully saturated rings. The predicted octanol–water partition coefficient (Wildman–Crippen LogP) is 1.64. The lowest BCUT2D eigenvalue weighted by atomic mass is 10.2. The summed E-state index contributed by atoms with van der Waals surface area (Å²) in [6.07, 6.45) is 6.80. The molecule has 0 radical (unpaired) electrons. The predicted molar refractivity (Wildman–Crippen MR) is 61.3 cm³/mol. The molecule has 1 aromatic carbocycles. The van der Waals surface area contributed by atoms with Crippen molar-refractivity contribution in [2.24, 2.45) is 5.10 Å². The summed E-state index contributed by atoms with van der Waals surface area (Å²) in [6.45, 7) is 0. The minimum atomic E-state index is 1.05. The Kier molecular flexibility index (Phi) is 2.00. The van der Waals surface area contributed by atoms with Crippen molar-refractivity contribution in [3.63, 3.8) is 0 Å². The van der Waals surface area contributed by atoms with E-state index in [2.05, 4.69) is 26.3 Å². The number of hydrogen-bond acceptors (Lipinski definition) is 3. The number of rotatable bonds is 2. The van der Waals surface area contributed by atoms with Crippen LogP contribution in [-0.2, 0) is 0 Å². The summed E-state index contributed by atoms with van der Waals surface area (Å²) < 4.78 is 1.56. The number of nitrogens with one attached hydrogen (secondary N) is 1. The van der Waals surface area contributed by atoms with E-state index in [0.29, 0.717) is 0 Å². The first-order valence-corrected chi connectivity index (χ1v) is 4.88. The second-order valence-corrected chi connectivity index (χ2v) is 3.38. The van der Waals surface area contributed by atoms with Crippen molar-refractivity contribution in [3.8, 4) is 0 Å². The molecule has 5 heteroatoms. The molecule has 2 heterocycles. The van der Waals surface area contributed by atoms with E-state index in [1.165, 1.54) is 0 Å². The smallest absolute Gasteiger partial charge is 0.141 e. The summed E-state index contributed by atoms with van der Waals surface area (Å²) in [4.78, 5) is 3.19. The molecule has 5 nitrogen and oxygen atoms in total. The lowest BCUT2D eigenvalue weighted by Crippen LogP contribution is -1.85. The Morgan fingerprint density at radius 2 is 2.00 bits per heavy atom. The van der Waals surface area contributed by atoms with Crippen molar-refractivity contribution in [3.05, 3.63) is 48.7 Å². The van der Waals surface area contributed by atoms with Crippen molar-refractivity contribution >= 4 is 17.1 Å². The molecule has 78 valence electrons. The molecule has 0 spiro atoms. The average molecular weight is 211 g/mol. The minimum Gasteiger partial charge on any atom is -0.361 e. The molecule has 0 saturated carbocycles. The van der Waals surface area contributed by atoms with E-state index in [1.54, 1.807) is 23.5 Å².